The van der Waals surface area contributed by atoms with Gasteiger partial charge in [-0.05, 0) is 29.8 Å². The third-order valence-electron chi connectivity index (χ3n) is 7.67. The van der Waals surface area contributed by atoms with Gasteiger partial charge in [-0.25, -0.2) is 9.97 Å². The third-order valence-corrected chi connectivity index (χ3v) is 7.67. The molecule has 8 rings (SSSR count). The van der Waals surface area contributed by atoms with E-state index < -0.39 is 0 Å². The zero-order valence-corrected chi connectivity index (χ0v) is 22.1. The van der Waals surface area contributed by atoms with Gasteiger partial charge in [0.05, 0.1) is 28.6 Å². The van der Waals surface area contributed by atoms with E-state index in [4.69, 9.17) is 9.97 Å². The lowest BCUT2D eigenvalue weighted by atomic mass is 10.0. The molecule has 0 bridgehead atoms. The quantitative estimate of drug-likeness (QED) is 0.231. The van der Waals surface area contributed by atoms with Gasteiger partial charge in [0.1, 0.15) is 11.0 Å². The van der Waals surface area contributed by atoms with Gasteiger partial charge in [-0.2, -0.15) is 0 Å². The van der Waals surface area contributed by atoms with E-state index in [0.29, 0.717) is 0 Å². The fourth-order valence-electron chi connectivity index (χ4n) is 5.80. The molecule has 0 aliphatic carbocycles. The maximum absolute atomic E-state index is 5.28. The zero-order chi connectivity index (χ0) is 27.2. The van der Waals surface area contributed by atoms with Gasteiger partial charge in [0.15, 0.2) is 0 Å². The molecular weight excluding hydrogens is 500 g/mol. The average Bonchev–Trinajstić information content (AvgIpc) is 3.39. The number of pyridine rings is 1. The molecule has 4 nitrogen and oxygen atoms in total. The summed E-state index contributed by atoms with van der Waals surface area (Å²) in [6.07, 6.45) is 3.71. The Kier molecular flexibility index (Phi) is 5.42. The highest BCUT2D eigenvalue weighted by atomic mass is 15.0. The van der Waals surface area contributed by atoms with Crippen molar-refractivity contribution in [3.05, 3.63) is 146 Å². The van der Waals surface area contributed by atoms with Gasteiger partial charge in [0, 0.05) is 39.3 Å². The lowest BCUT2D eigenvalue weighted by Crippen LogP contribution is -1.98. The number of benzene rings is 5. The molecule has 0 fully saturated rings. The normalized spacial score (nSPS) is 11.4. The summed E-state index contributed by atoms with van der Waals surface area (Å²) in [6, 6.07) is 46.3. The topological polar surface area (TPSA) is 43.6 Å². The maximum atomic E-state index is 5.28. The highest BCUT2D eigenvalue weighted by Gasteiger charge is 2.17. The van der Waals surface area contributed by atoms with Gasteiger partial charge in [0.25, 0.3) is 0 Å². The van der Waals surface area contributed by atoms with E-state index >= 15 is 0 Å². The largest absolute Gasteiger partial charge is 0.309 e. The highest BCUT2D eigenvalue weighted by molar-refractivity contribution is 6.09. The number of nitrogens with zero attached hydrogens (tertiary/aromatic N) is 4. The van der Waals surface area contributed by atoms with E-state index in [0.717, 1.165) is 50.4 Å². The molecule has 0 N–H and O–H groups in total. The molecule has 0 saturated carbocycles. The van der Waals surface area contributed by atoms with Crippen LogP contribution >= 0.6 is 0 Å². The number of hydrogen-bond acceptors (Lipinski definition) is 3. The minimum absolute atomic E-state index is 0.767. The second-order valence-electron chi connectivity index (χ2n) is 10.1. The molecule has 0 unspecified atom stereocenters. The Labute approximate surface area is 237 Å². The molecule has 192 valence electrons. The van der Waals surface area contributed by atoms with Crippen LogP contribution in [0.15, 0.2) is 146 Å². The fraction of sp³-hybridized carbons (Fsp3) is 0. The predicted molar refractivity (Wildman–Crippen MR) is 168 cm³/mol. The highest BCUT2D eigenvalue weighted by Crippen LogP contribution is 2.36. The summed E-state index contributed by atoms with van der Waals surface area (Å²) in [6.45, 7) is 0. The molecule has 0 aliphatic rings. The summed E-state index contributed by atoms with van der Waals surface area (Å²) in [5, 5.41) is 2.49. The Morgan fingerprint density at radius 3 is 1.68 bits per heavy atom. The molecule has 0 aliphatic heterocycles. The standard InChI is InChI=1S/C37H24N4/c1-3-12-25(13-4-1)35-36(26-14-5-2-6-15-26)40-37-31(23-38-24-32(37)39-35)27-16-11-17-28(22-27)41-33-20-9-7-18-29(33)30-19-8-10-21-34(30)41/h1-24H. The lowest BCUT2D eigenvalue weighted by Gasteiger charge is -2.14. The number of hydrogen-bond donors (Lipinski definition) is 0. The van der Waals surface area contributed by atoms with Crippen LogP contribution < -0.4 is 0 Å². The number of para-hydroxylation sites is 2. The van der Waals surface area contributed by atoms with Crippen LogP contribution in [0.25, 0.3) is 72.2 Å². The molecule has 0 radical (unpaired) electrons. The Morgan fingerprint density at radius 2 is 1.02 bits per heavy atom. The zero-order valence-electron chi connectivity index (χ0n) is 22.1. The van der Waals surface area contributed by atoms with Gasteiger partial charge < -0.3 is 4.57 Å². The van der Waals surface area contributed by atoms with Crippen LogP contribution in [-0.2, 0) is 0 Å². The van der Waals surface area contributed by atoms with Gasteiger partial charge in [0.2, 0.25) is 0 Å². The Hall–Kier alpha value is -5.61. The third kappa shape index (κ3) is 3.88. The summed E-state index contributed by atoms with van der Waals surface area (Å²) >= 11 is 0. The van der Waals surface area contributed by atoms with Crippen molar-refractivity contribution in [3.63, 3.8) is 0 Å². The van der Waals surface area contributed by atoms with Gasteiger partial charge in [-0.3, -0.25) is 4.98 Å². The van der Waals surface area contributed by atoms with E-state index in [9.17, 15) is 0 Å². The van der Waals surface area contributed by atoms with Crippen molar-refractivity contribution in [2.75, 3.05) is 0 Å². The van der Waals surface area contributed by atoms with Crippen LogP contribution in [-0.4, -0.2) is 19.5 Å². The van der Waals surface area contributed by atoms with Gasteiger partial charge >= 0.3 is 0 Å². The van der Waals surface area contributed by atoms with E-state index in [1.165, 1.54) is 21.8 Å². The maximum Gasteiger partial charge on any atom is 0.108 e. The molecular formula is C37H24N4. The van der Waals surface area contributed by atoms with E-state index in [2.05, 4.69) is 107 Å². The number of fused-ring (bicyclic) bond motifs is 4. The first kappa shape index (κ1) is 23.3. The van der Waals surface area contributed by atoms with E-state index in [-0.39, 0.29) is 0 Å². The summed E-state index contributed by atoms with van der Waals surface area (Å²) in [7, 11) is 0. The Morgan fingerprint density at radius 1 is 0.463 bits per heavy atom. The number of aromatic nitrogens is 4. The van der Waals surface area contributed by atoms with Crippen LogP contribution in [0.4, 0.5) is 0 Å². The molecule has 3 aromatic heterocycles. The molecule has 0 atom stereocenters. The fourth-order valence-corrected chi connectivity index (χ4v) is 5.80. The smallest absolute Gasteiger partial charge is 0.108 e. The van der Waals surface area contributed by atoms with Gasteiger partial charge in [-0.15, -0.1) is 0 Å². The molecule has 5 aromatic carbocycles. The second kappa shape index (κ2) is 9.54. The van der Waals surface area contributed by atoms with Crippen molar-refractivity contribution in [1.82, 2.24) is 19.5 Å². The van der Waals surface area contributed by atoms with E-state index in [1.54, 1.807) is 0 Å². The van der Waals surface area contributed by atoms with Crippen LogP contribution in [0.1, 0.15) is 0 Å². The monoisotopic (exact) mass is 524 g/mol. The van der Waals surface area contributed by atoms with Crippen molar-refractivity contribution in [1.29, 1.82) is 0 Å². The van der Waals surface area contributed by atoms with Crippen molar-refractivity contribution in [3.8, 4) is 39.3 Å². The summed E-state index contributed by atoms with van der Waals surface area (Å²) in [4.78, 5) is 15.0. The van der Waals surface area contributed by atoms with E-state index in [1.807, 2.05) is 48.8 Å². The molecule has 4 heteroatoms. The molecule has 0 amide bonds. The van der Waals surface area contributed by atoms with Crippen molar-refractivity contribution >= 4 is 32.8 Å². The predicted octanol–water partition coefficient (Wildman–Crippen LogP) is 9.12. The molecule has 0 saturated heterocycles. The van der Waals surface area contributed by atoms with Crippen LogP contribution in [0.3, 0.4) is 0 Å². The minimum atomic E-state index is 0.767. The first-order chi connectivity index (χ1) is 20.3. The number of rotatable bonds is 4. The summed E-state index contributed by atoms with van der Waals surface area (Å²) < 4.78 is 2.33. The van der Waals surface area contributed by atoms with Crippen molar-refractivity contribution in [2.24, 2.45) is 0 Å². The first-order valence-corrected chi connectivity index (χ1v) is 13.7. The van der Waals surface area contributed by atoms with Crippen LogP contribution in [0.5, 0.6) is 0 Å². The second-order valence-corrected chi connectivity index (χ2v) is 10.1. The average molecular weight is 525 g/mol. The van der Waals surface area contributed by atoms with Crippen LogP contribution in [0, 0.1) is 0 Å². The van der Waals surface area contributed by atoms with Crippen molar-refractivity contribution < 1.29 is 0 Å². The molecule has 41 heavy (non-hydrogen) atoms. The Balaban J connectivity index is 1.36. The molecule has 8 aromatic rings. The van der Waals surface area contributed by atoms with Crippen molar-refractivity contribution in [2.45, 2.75) is 0 Å². The molecule has 0 spiro atoms. The minimum Gasteiger partial charge on any atom is -0.309 e. The summed E-state index contributed by atoms with van der Waals surface area (Å²) in [5.41, 5.74) is 10.8. The SMILES string of the molecule is c1ccc(-c2nc3cncc(-c4cccc(-n5c6ccccc6c6ccccc65)c4)c3nc2-c2ccccc2)cc1. The van der Waals surface area contributed by atoms with Gasteiger partial charge in [-0.1, -0.05) is 109 Å². The Bertz CT molecular complexity index is 2150. The molecule has 3 heterocycles. The summed E-state index contributed by atoms with van der Waals surface area (Å²) in [5.74, 6) is 0. The first-order valence-electron chi connectivity index (χ1n) is 13.7. The van der Waals surface area contributed by atoms with Crippen LogP contribution in [0.2, 0.25) is 0 Å². The lowest BCUT2D eigenvalue weighted by molar-refractivity contribution is 1.18.